The number of hydrogen-bond donors (Lipinski definition) is 0. The lowest BCUT2D eigenvalue weighted by molar-refractivity contribution is -0.135. The van der Waals surface area contributed by atoms with Crippen LogP contribution in [0.15, 0.2) is 60.2 Å². The van der Waals surface area contributed by atoms with Crippen LogP contribution in [0.2, 0.25) is 0 Å². The Morgan fingerprint density at radius 2 is 1.50 bits per heavy atom. The molecule has 2 heterocycles. The van der Waals surface area contributed by atoms with Gasteiger partial charge in [0.1, 0.15) is 17.4 Å². The van der Waals surface area contributed by atoms with Crippen molar-refractivity contribution >= 4 is 11.7 Å². The molecule has 2 aliphatic heterocycles. The molecule has 36 heavy (non-hydrogen) atoms. The first-order chi connectivity index (χ1) is 17.6. The van der Waals surface area contributed by atoms with E-state index in [1.165, 1.54) is 0 Å². The maximum atomic E-state index is 13.3. The highest BCUT2D eigenvalue weighted by molar-refractivity contribution is 5.95. The molecule has 8 heteroatoms. The fourth-order valence-electron chi connectivity index (χ4n) is 4.55. The highest BCUT2D eigenvalue weighted by Crippen LogP contribution is 2.46. The van der Waals surface area contributed by atoms with Crippen molar-refractivity contribution in [2.24, 2.45) is 0 Å². The Bertz CT molecular complexity index is 1300. The molecule has 0 bridgehead atoms. The van der Waals surface area contributed by atoms with Gasteiger partial charge in [0.2, 0.25) is 12.5 Å². The predicted molar refractivity (Wildman–Crippen MR) is 131 cm³/mol. The van der Waals surface area contributed by atoms with Gasteiger partial charge in [-0.2, -0.15) is 0 Å². The smallest absolute Gasteiger partial charge is 0.323 e. The molecular formula is C28H26O8. The molecule has 0 saturated heterocycles. The minimum Gasteiger partial charge on any atom is -0.497 e. The number of carbonyl (C=O) groups excluding carboxylic acids is 1. The molecular weight excluding hydrogens is 464 g/mol. The van der Waals surface area contributed by atoms with Gasteiger partial charge < -0.3 is 33.2 Å². The number of cyclic esters (lactones) is 1. The summed E-state index contributed by atoms with van der Waals surface area (Å²) < 4.78 is 38.7. The number of methoxy groups -OCH3 is 4. The third-order valence-corrected chi connectivity index (χ3v) is 6.28. The Balaban J connectivity index is 1.63. The third kappa shape index (κ3) is 4.15. The van der Waals surface area contributed by atoms with Crippen molar-refractivity contribution in [3.05, 3.63) is 76.9 Å². The van der Waals surface area contributed by atoms with Crippen LogP contribution in [0, 0.1) is 0 Å². The van der Waals surface area contributed by atoms with Gasteiger partial charge in [-0.05, 0) is 71.7 Å². The summed E-state index contributed by atoms with van der Waals surface area (Å²) in [6.45, 7) is 0.152. The second-order valence-electron chi connectivity index (χ2n) is 8.26. The van der Waals surface area contributed by atoms with Gasteiger partial charge in [-0.3, -0.25) is 4.79 Å². The topological polar surface area (TPSA) is 81.7 Å². The molecule has 1 unspecified atom stereocenters. The largest absolute Gasteiger partial charge is 0.497 e. The van der Waals surface area contributed by atoms with E-state index in [2.05, 4.69) is 0 Å². The fraction of sp³-hybridized carbons (Fsp3) is 0.250. The molecule has 0 N–H and O–H groups in total. The van der Waals surface area contributed by atoms with Crippen LogP contribution in [0.1, 0.15) is 22.6 Å². The Morgan fingerprint density at radius 3 is 2.14 bits per heavy atom. The van der Waals surface area contributed by atoms with Gasteiger partial charge in [-0.1, -0.05) is 6.07 Å². The van der Waals surface area contributed by atoms with Crippen molar-refractivity contribution in [1.82, 2.24) is 0 Å². The second-order valence-corrected chi connectivity index (χ2v) is 8.26. The Labute approximate surface area is 208 Å². The van der Waals surface area contributed by atoms with Crippen molar-refractivity contribution in [3.63, 3.8) is 0 Å². The quantitative estimate of drug-likeness (QED) is 0.419. The SMILES string of the molecule is COc1ccc(C2=C(Cc3cc(OC)c(OC)c(OC)c3)C(c3ccc4c(c3)OCO4)C(=O)O2)cc1. The van der Waals surface area contributed by atoms with Crippen molar-refractivity contribution in [3.8, 4) is 34.5 Å². The highest BCUT2D eigenvalue weighted by Gasteiger charge is 2.38. The maximum Gasteiger partial charge on any atom is 0.323 e. The molecule has 0 spiro atoms. The highest BCUT2D eigenvalue weighted by atomic mass is 16.7. The van der Waals surface area contributed by atoms with E-state index in [1.54, 1.807) is 28.4 Å². The number of benzene rings is 3. The summed E-state index contributed by atoms with van der Waals surface area (Å²) in [5.74, 6) is 3.05. The summed E-state index contributed by atoms with van der Waals surface area (Å²) in [5.41, 5.74) is 3.21. The zero-order valence-electron chi connectivity index (χ0n) is 20.5. The lowest BCUT2D eigenvalue weighted by atomic mass is 9.86. The molecule has 0 aliphatic carbocycles. The van der Waals surface area contributed by atoms with Crippen LogP contribution in [-0.4, -0.2) is 41.2 Å². The van der Waals surface area contributed by atoms with Crippen LogP contribution < -0.4 is 28.4 Å². The van der Waals surface area contributed by atoms with Crippen molar-refractivity contribution < 1.29 is 38.0 Å². The zero-order valence-corrected chi connectivity index (χ0v) is 20.5. The van der Waals surface area contributed by atoms with E-state index in [0.29, 0.717) is 46.7 Å². The van der Waals surface area contributed by atoms with Crippen molar-refractivity contribution in [2.75, 3.05) is 35.2 Å². The van der Waals surface area contributed by atoms with E-state index >= 15 is 0 Å². The predicted octanol–water partition coefficient (Wildman–Crippen LogP) is 4.74. The Hall–Kier alpha value is -4.33. The second kappa shape index (κ2) is 9.73. The molecule has 3 aromatic carbocycles. The monoisotopic (exact) mass is 490 g/mol. The zero-order chi connectivity index (χ0) is 25.2. The van der Waals surface area contributed by atoms with Gasteiger partial charge in [-0.15, -0.1) is 0 Å². The summed E-state index contributed by atoms with van der Waals surface area (Å²) in [4.78, 5) is 13.3. The van der Waals surface area contributed by atoms with E-state index in [9.17, 15) is 4.79 Å². The molecule has 2 aliphatic rings. The molecule has 0 fully saturated rings. The number of esters is 1. The number of rotatable bonds is 8. The lowest BCUT2D eigenvalue weighted by Crippen LogP contribution is -2.11. The molecule has 8 nitrogen and oxygen atoms in total. The van der Waals surface area contributed by atoms with Crippen LogP contribution in [0.5, 0.6) is 34.5 Å². The molecule has 0 aromatic heterocycles. The Kier molecular flexibility index (Phi) is 6.33. The van der Waals surface area contributed by atoms with E-state index in [1.807, 2.05) is 54.6 Å². The van der Waals surface area contributed by atoms with Gasteiger partial charge in [-0.25, -0.2) is 0 Å². The van der Waals surface area contributed by atoms with Crippen LogP contribution in [-0.2, 0) is 16.0 Å². The average molecular weight is 491 g/mol. The maximum absolute atomic E-state index is 13.3. The first kappa shape index (κ1) is 23.4. The van der Waals surface area contributed by atoms with E-state index in [0.717, 1.165) is 22.3 Å². The van der Waals surface area contributed by atoms with Crippen LogP contribution in [0.25, 0.3) is 5.76 Å². The molecule has 0 saturated carbocycles. The molecule has 5 rings (SSSR count). The molecule has 1 atom stereocenters. The van der Waals surface area contributed by atoms with Crippen molar-refractivity contribution in [1.29, 1.82) is 0 Å². The first-order valence-corrected chi connectivity index (χ1v) is 11.3. The standard InChI is InChI=1S/C28H26O8/c1-30-19-8-5-17(6-9-19)26-20(11-16-12-23(31-2)27(33-4)24(13-16)32-3)25(28(29)36-26)18-7-10-21-22(14-18)35-15-34-21/h5-10,12-14,25H,11,15H2,1-4H3. The first-order valence-electron chi connectivity index (χ1n) is 11.3. The van der Waals surface area contributed by atoms with E-state index < -0.39 is 5.92 Å². The minimum atomic E-state index is -0.629. The molecule has 186 valence electrons. The van der Waals surface area contributed by atoms with Gasteiger partial charge in [0, 0.05) is 5.56 Å². The lowest BCUT2D eigenvalue weighted by Gasteiger charge is -2.17. The van der Waals surface area contributed by atoms with Gasteiger partial charge >= 0.3 is 5.97 Å². The van der Waals surface area contributed by atoms with Gasteiger partial charge in [0.05, 0.1) is 28.4 Å². The van der Waals surface area contributed by atoms with Crippen molar-refractivity contribution in [2.45, 2.75) is 12.3 Å². The number of fused-ring (bicyclic) bond motifs is 1. The molecule has 0 amide bonds. The van der Waals surface area contributed by atoms with Gasteiger partial charge in [0.15, 0.2) is 23.0 Å². The number of ether oxygens (including phenoxy) is 7. The summed E-state index contributed by atoms with van der Waals surface area (Å²) in [6.07, 6.45) is 0.406. The van der Waals surface area contributed by atoms with Crippen LogP contribution in [0.3, 0.4) is 0 Å². The van der Waals surface area contributed by atoms with E-state index in [-0.39, 0.29) is 12.8 Å². The van der Waals surface area contributed by atoms with Crippen LogP contribution in [0.4, 0.5) is 0 Å². The minimum absolute atomic E-state index is 0.152. The van der Waals surface area contributed by atoms with Crippen LogP contribution >= 0.6 is 0 Å². The van der Waals surface area contributed by atoms with Gasteiger partial charge in [0.25, 0.3) is 0 Å². The summed E-state index contributed by atoms with van der Waals surface area (Å²) in [6, 6.07) is 16.7. The number of hydrogen-bond acceptors (Lipinski definition) is 8. The fourth-order valence-corrected chi connectivity index (χ4v) is 4.55. The molecule has 3 aromatic rings. The molecule has 0 radical (unpaired) electrons. The normalized spacial score (nSPS) is 16.1. The summed E-state index contributed by atoms with van der Waals surface area (Å²) in [5, 5.41) is 0. The summed E-state index contributed by atoms with van der Waals surface area (Å²) >= 11 is 0. The third-order valence-electron chi connectivity index (χ3n) is 6.28. The average Bonchev–Trinajstić information content (AvgIpc) is 3.51. The Morgan fingerprint density at radius 1 is 0.806 bits per heavy atom. The summed E-state index contributed by atoms with van der Waals surface area (Å²) in [7, 11) is 6.31. The van der Waals surface area contributed by atoms with E-state index in [4.69, 9.17) is 33.2 Å². The number of carbonyl (C=O) groups is 1.